The molecule has 1 N–H and O–H groups in total. The van der Waals surface area contributed by atoms with Crippen LogP contribution in [0.15, 0.2) is 35.8 Å². The number of amides is 2. The fourth-order valence-corrected chi connectivity index (χ4v) is 4.37. The zero-order chi connectivity index (χ0) is 22.0. The van der Waals surface area contributed by atoms with Crippen LogP contribution in [0.2, 0.25) is 0 Å². The molecule has 4 rings (SSSR count). The third-order valence-corrected chi connectivity index (χ3v) is 6.19. The monoisotopic (exact) mass is 438 g/mol. The molecule has 2 amide bonds. The second-order valence-corrected chi connectivity index (χ2v) is 8.95. The molecule has 7 nitrogen and oxygen atoms in total. The Hall–Kier alpha value is -2.84. The number of nitrogens with one attached hydrogen (secondary N) is 1. The number of aryl methyl sites for hydroxylation is 1. The highest BCUT2D eigenvalue weighted by Gasteiger charge is 2.29. The van der Waals surface area contributed by atoms with Gasteiger partial charge in [0.05, 0.1) is 41.1 Å². The molecule has 0 bridgehead atoms. The predicted molar refractivity (Wildman–Crippen MR) is 120 cm³/mol. The van der Waals surface area contributed by atoms with Crippen LogP contribution in [0.4, 0.5) is 0 Å². The zero-order valence-electron chi connectivity index (χ0n) is 17.9. The Labute approximate surface area is 185 Å². The number of para-hydroxylation sites is 1. The van der Waals surface area contributed by atoms with Crippen molar-refractivity contribution in [2.75, 3.05) is 26.2 Å². The maximum atomic E-state index is 13.0. The van der Waals surface area contributed by atoms with Crippen LogP contribution in [-0.2, 0) is 4.74 Å². The molecular weight excluding hydrogens is 412 g/mol. The first-order chi connectivity index (χ1) is 14.9. The molecule has 0 radical (unpaired) electrons. The summed E-state index contributed by atoms with van der Waals surface area (Å²) in [5, 5.41) is 3.80. The van der Waals surface area contributed by atoms with Gasteiger partial charge in [0.25, 0.3) is 11.8 Å². The van der Waals surface area contributed by atoms with E-state index < -0.39 is 6.10 Å². The van der Waals surface area contributed by atoms with Crippen LogP contribution in [-0.4, -0.2) is 52.9 Å². The number of aromatic nitrogens is 2. The van der Waals surface area contributed by atoms with E-state index in [0.29, 0.717) is 48.3 Å². The molecule has 0 aliphatic carbocycles. The molecule has 1 fully saturated rings. The average molecular weight is 439 g/mol. The van der Waals surface area contributed by atoms with Crippen LogP contribution in [0.3, 0.4) is 0 Å². The number of rotatable bonds is 5. The molecule has 1 aliphatic heterocycles. The van der Waals surface area contributed by atoms with Crippen molar-refractivity contribution in [3.8, 4) is 0 Å². The Balaban J connectivity index is 1.63. The highest BCUT2D eigenvalue weighted by atomic mass is 32.1. The third kappa shape index (κ3) is 4.60. The van der Waals surface area contributed by atoms with Gasteiger partial charge in [-0.25, -0.2) is 9.97 Å². The Morgan fingerprint density at radius 2 is 2.13 bits per heavy atom. The Kier molecular flexibility index (Phi) is 6.29. The quantitative estimate of drug-likeness (QED) is 0.658. The molecule has 3 heterocycles. The first-order valence-corrected chi connectivity index (χ1v) is 11.3. The molecule has 1 saturated heterocycles. The van der Waals surface area contributed by atoms with E-state index in [1.807, 2.05) is 31.2 Å². The van der Waals surface area contributed by atoms with Crippen molar-refractivity contribution in [3.63, 3.8) is 0 Å². The van der Waals surface area contributed by atoms with E-state index >= 15 is 0 Å². The predicted octanol–water partition coefficient (Wildman–Crippen LogP) is 3.60. The number of thiazole rings is 1. The molecule has 1 atom stereocenters. The van der Waals surface area contributed by atoms with Crippen molar-refractivity contribution in [1.82, 2.24) is 20.2 Å². The lowest BCUT2D eigenvalue weighted by Crippen LogP contribution is -2.42. The molecule has 31 heavy (non-hydrogen) atoms. The molecular formula is C23H26N4O3S. The third-order valence-electron chi connectivity index (χ3n) is 5.27. The van der Waals surface area contributed by atoms with Crippen molar-refractivity contribution in [2.45, 2.75) is 26.9 Å². The van der Waals surface area contributed by atoms with Crippen molar-refractivity contribution in [1.29, 1.82) is 0 Å². The van der Waals surface area contributed by atoms with E-state index in [9.17, 15) is 9.59 Å². The first kappa shape index (κ1) is 21.4. The van der Waals surface area contributed by atoms with E-state index in [0.717, 1.165) is 16.6 Å². The minimum absolute atomic E-state index is 0.0380. The summed E-state index contributed by atoms with van der Waals surface area (Å²) in [6.07, 6.45) is -0.396. The van der Waals surface area contributed by atoms with Gasteiger partial charge in [-0.3, -0.25) is 9.59 Å². The second-order valence-electron chi connectivity index (χ2n) is 8.09. The summed E-state index contributed by atoms with van der Waals surface area (Å²) in [5.41, 5.74) is 4.40. The Morgan fingerprint density at radius 3 is 2.87 bits per heavy atom. The standard InChI is InChI=1S/C23H26N4O3S/c1-14(2)11-24-22(28)17-10-19(26-18-7-5-4-6-16(17)18)20-12-27(8-9-30-20)23(29)21-15(3)25-13-31-21/h4-7,10,13-14,20H,8-9,11-12H2,1-3H3,(H,24,28)/t20-/m1/s1. The van der Waals surface area contributed by atoms with E-state index in [-0.39, 0.29) is 11.8 Å². The van der Waals surface area contributed by atoms with Crippen molar-refractivity contribution in [3.05, 3.63) is 57.7 Å². The topological polar surface area (TPSA) is 84.4 Å². The van der Waals surface area contributed by atoms with Gasteiger partial charge < -0.3 is 15.0 Å². The molecule has 0 unspecified atom stereocenters. The lowest BCUT2D eigenvalue weighted by atomic mass is 10.0. The number of fused-ring (bicyclic) bond motifs is 1. The van der Waals surface area contributed by atoms with Gasteiger partial charge in [-0.15, -0.1) is 11.3 Å². The van der Waals surface area contributed by atoms with Gasteiger partial charge in [-0.2, -0.15) is 0 Å². The summed E-state index contributed by atoms with van der Waals surface area (Å²) in [6, 6.07) is 9.40. The molecule has 1 aliphatic rings. The maximum Gasteiger partial charge on any atom is 0.266 e. The minimum Gasteiger partial charge on any atom is -0.368 e. The van der Waals surface area contributed by atoms with Crippen LogP contribution < -0.4 is 5.32 Å². The molecule has 2 aromatic heterocycles. The van der Waals surface area contributed by atoms with Crippen LogP contribution in [0.1, 0.15) is 51.4 Å². The fourth-order valence-electron chi connectivity index (χ4n) is 3.60. The summed E-state index contributed by atoms with van der Waals surface area (Å²) in [5.74, 6) is 0.189. The number of pyridine rings is 1. The van der Waals surface area contributed by atoms with Crippen molar-refractivity contribution >= 4 is 34.1 Å². The first-order valence-electron chi connectivity index (χ1n) is 10.4. The van der Waals surface area contributed by atoms with Crippen LogP contribution >= 0.6 is 11.3 Å². The summed E-state index contributed by atoms with van der Waals surface area (Å²) >= 11 is 1.35. The van der Waals surface area contributed by atoms with E-state index in [2.05, 4.69) is 24.1 Å². The SMILES string of the molecule is Cc1ncsc1C(=O)N1CCO[C@@H](c2cc(C(=O)NCC(C)C)c3ccccc3n2)C1. The Bertz CT molecular complexity index is 1110. The van der Waals surface area contributed by atoms with Crippen LogP contribution in [0, 0.1) is 12.8 Å². The smallest absolute Gasteiger partial charge is 0.266 e. The van der Waals surface area contributed by atoms with E-state index in [1.54, 1.807) is 16.5 Å². The van der Waals surface area contributed by atoms with Gasteiger partial charge >= 0.3 is 0 Å². The fraction of sp³-hybridized carbons (Fsp3) is 0.391. The average Bonchev–Trinajstić information content (AvgIpc) is 3.22. The van der Waals surface area contributed by atoms with Crippen LogP contribution in [0.25, 0.3) is 10.9 Å². The van der Waals surface area contributed by atoms with E-state index in [4.69, 9.17) is 9.72 Å². The number of carbonyl (C=O) groups excluding carboxylic acids is 2. The molecule has 8 heteroatoms. The van der Waals surface area contributed by atoms with Gasteiger partial charge in [0.2, 0.25) is 0 Å². The normalized spacial score (nSPS) is 16.6. The number of morpholine rings is 1. The van der Waals surface area contributed by atoms with Crippen molar-refractivity contribution < 1.29 is 14.3 Å². The number of benzene rings is 1. The van der Waals surface area contributed by atoms with E-state index in [1.165, 1.54) is 11.3 Å². The lowest BCUT2D eigenvalue weighted by molar-refractivity contribution is -0.0244. The highest BCUT2D eigenvalue weighted by Crippen LogP contribution is 2.27. The number of hydrogen-bond acceptors (Lipinski definition) is 6. The van der Waals surface area contributed by atoms with Gasteiger partial charge in [-0.1, -0.05) is 32.0 Å². The number of ether oxygens (including phenoxy) is 1. The molecule has 162 valence electrons. The summed E-state index contributed by atoms with van der Waals surface area (Å²) in [6.45, 7) is 7.87. The summed E-state index contributed by atoms with van der Waals surface area (Å²) < 4.78 is 5.97. The number of hydrogen-bond donors (Lipinski definition) is 1. The largest absolute Gasteiger partial charge is 0.368 e. The zero-order valence-corrected chi connectivity index (χ0v) is 18.7. The molecule has 1 aromatic carbocycles. The minimum atomic E-state index is -0.396. The lowest BCUT2D eigenvalue weighted by Gasteiger charge is -2.32. The van der Waals surface area contributed by atoms with Crippen molar-refractivity contribution in [2.24, 2.45) is 5.92 Å². The maximum absolute atomic E-state index is 13.0. The molecule has 3 aromatic rings. The second kappa shape index (κ2) is 9.11. The molecule has 0 saturated carbocycles. The Morgan fingerprint density at radius 1 is 1.32 bits per heavy atom. The summed E-state index contributed by atoms with van der Waals surface area (Å²) in [4.78, 5) is 37.2. The van der Waals surface area contributed by atoms with Gasteiger partial charge in [0, 0.05) is 18.5 Å². The number of nitrogens with zero attached hydrogens (tertiary/aromatic N) is 3. The summed E-state index contributed by atoms with van der Waals surface area (Å²) in [7, 11) is 0. The van der Waals surface area contributed by atoms with Gasteiger partial charge in [0.1, 0.15) is 11.0 Å². The van der Waals surface area contributed by atoms with Gasteiger partial charge in [0.15, 0.2) is 0 Å². The van der Waals surface area contributed by atoms with Gasteiger partial charge in [-0.05, 0) is 25.0 Å². The van der Waals surface area contributed by atoms with Crippen LogP contribution in [0.5, 0.6) is 0 Å². The number of carbonyl (C=O) groups is 2. The highest BCUT2D eigenvalue weighted by molar-refractivity contribution is 7.11. The molecule has 0 spiro atoms.